The van der Waals surface area contributed by atoms with E-state index in [9.17, 15) is 9.59 Å². The van der Waals surface area contributed by atoms with Crippen molar-refractivity contribution in [3.8, 4) is 0 Å². The zero-order valence-corrected chi connectivity index (χ0v) is 16.8. The van der Waals surface area contributed by atoms with Gasteiger partial charge in [0.1, 0.15) is 6.04 Å². The molecule has 0 bridgehead atoms. The minimum absolute atomic E-state index is 0.0778. The Morgan fingerprint density at radius 2 is 2.15 bits per heavy atom. The monoisotopic (exact) mass is 400 g/mol. The van der Waals surface area contributed by atoms with Gasteiger partial charge < -0.3 is 10.2 Å². The predicted molar refractivity (Wildman–Crippen MR) is 107 cm³/mol. The van der Waals surface area contributed by atoms with E-state index in [1.807, 2.05) is 25.1 Å². The first-order chi connectivity index (χ1) is 13.0. The predicted octanol–water partition coefficient (Wildman–Crippen LogP) is 3.33. The Kier molecular flexibility index (Phi) is 4.86. The number of anilines is 1. The van der Waals surface area contributed by atoms with E-state index in [0.717, 1.165) is 22.6 Å². The molecule has 0 spiro atoms. The van der Waals surface area contributed by atoms with Crippen LogP contribution in [0.2, 0.25) is 0 Å². The van der Waals surface area contributed by atoms with E-state index in [-0.39, 0.29) is 16.7 Å². The Hall–Kier alpha value is -2.06. The fourth-order valence-electron chi connectivity index (χ4n) is 3.51. The Morgan fingerprint density at radius 1 is 1.37 bits per heavy atom. The minimum Gasteiger partial charge on any atom is -0.324 e. The van der Waals surface area contributed by atoms with Gasteiger partial charge in [-0.25, -0.2) is 9.97 Å². The second-order valence-electron chi connectivity index (χ2n) is 6.86. The summed E-state index contributed by atoms with van der Waals surface area (Å²) in [4.78, 5) is 36.0. The molecule has 2 aliphatic heterocycles. The molecule has 2 aliphatic rings. The van der Waals surface area contributed by atoms with Gasteiger partial charge in [-0.3, -0.25) is 9.59 Å². The minimum atomic E-state index is -0.402. The Bertz CT molecular complexity index is 893. The summed E-state index contributed by atoms with van der Waals surface area (Å²) >= 11 is 3.18. The quantitative estimate of drug-likeness (QED) is 0.794. The fraction of sp³-hybridized carbons (Fsp3) is 0.368. The number of carbonyl (C=O) groups excluding carboxylic acids is 2. The largest absolute Gasteiger partial charge is 0.324 e. The number of nitrogens with one attached hydrogen (secondary N) is 1. The van der Waals surface area contributed by atoms with Crippen LogP contribution in [-0.2, 0) is 9.59 Å². The Balaban J connectivity index is 1.46. The van der Waals surface area contributed by atoms with E-state index >= 15 is 0 Å². The Labute approximate surface area is 166 Å². The maximum absolute atomic E-state index is 12.8. The molecular formula is C19H20N4O2S2. The molecule has 8 heteroatoms. The first-order valence-electron chi connectivity index (χ1n) is 8.79. The zero-order chi connectivity index (χ0) is 19.0. The number of nitrogens with zero attached hydrogens (tertiary/aromatic N) is 3. The first-order valence-corrected chi connectivity index (χ1v) is 10.6. The molecule has 1 N–H and O–H groups in total. The molecule has 0 saturated carbocycles. The van der Waals surface area contributed by atoms with E-state index in [1.54, 1.807) is 35.1 Å². The van der Waals surface area contributed by atoms with Gasteiger partial charge in [0.15, 0.2) is 5.16 Å². The van der Waals surface area contributed by atoms with Gasteiger partial charge in [-0.05, 0) is 61.9 Å². The number of benzene rings is 1. The van der Waals surface area contributed by atoms with Gasteiger partial charge in [0.2, 0.25) is 11.8 Å². The maximum Gasteiger partial charge on any atom is 0.248 e. The third-order valence-electron chi connectivity index (χ3n) is 4.95. The van der Waals surface area contributed by atoms with Crippen LogP contribution in [0.1, 0.15) is 25.3 Å². The highest BCUT2D eigenvalue weighted by molar-refractivity contribution is 8.01. The zero-order valence-electron chi connectivity index (χ0n) is 15.1. The van der Waals surface area contributed by atoms with Crippen molar-refractivity contribution in [3.63, 3.8) is 0 Å². The number of thioether (sulfide) groups is 1. The lowest BCUT2D eigenvalue weighted by Gasteiger charge is -2.30. The van der Waals surface area contributed by atoms with Gasteiger partial charge in [0, 0.05) is 35.2 Å². The average molecular weight is 401 g/mol. The van der Waals surface area contributed by atoms with E-state index in [2.05, 4.69) is 22.2 Å². The second kappa shape index (κ2) is 7.16. The molecule has 2 fully saturated rings. The summed E-state index contributed by atoms with van der Waals surface area (Å²) in [5.41, 5.74) is 1.73. The van der Waals surface area contributed by atoms with Gasteiger partial charge in [0.25, 0.3) is 0 Å². The highest BCUT2D eigenvalue weighted by Crippen LogP contribution is 2.47. The molecule has 1 aromatic heterocycles. The van der Waals surface area contributed by atoms with Gasteiger partial charge in [-0.15, -0.1) is 11.8 Å². The number of carbonyl (C=O) groups is 2. The van der Waals surface area contributed by atoms with Crippen LogP contribution in [0.15, 0.2) is 46.7 Å². The van der Waals surface area contributed by atoms with Gasteiger partial charge in [-0.2, -0.15) is 0 Å². The molecule has 2 atom stereocenters. The molecule has 0 radical (unpaired) electrons. The smallest absolute Gasteiger partial charge is 0.248 e. The second-order valence-corrected chi connectivity index (χ2v) is 9.41. The molecule has 0 aliphatic carbocycles. The number of hydrogen-bond acceptors (Lipinski definition) is 6. The van der Waals surface area contributed by atoms with Crippen LogP contribution in [0.4, 0.5) is 5.69 Å². The van der Waals surface area contributed by atoms with E-state index < -0.39 is 6.04 Å². The molecular weight excluding hydrogens is 380 g/mol. The third kappa shape index (κ3) is 3.55. The Morgan fingerprint density at radius 3 is 2.89 bits per heavy atom. The summed E-state index contributed by atoms with van der Waals surface area (Å²) in [6, 6.07) is 7.22. The van der Waals surface area contributed by atoms with Crippen molar-refractivity contribution in [2.75, 3.05) is 11.1 Å². The normalized spacial score (nSPS) is 24.1. The maximum atomic E-state index is 12.8. The molecule has 4 rings (SSSR count). The van der Waals surface area contributed by atoms with Crippen LogP contribution in [0, 0.1) is 6.92 Å². The van der Waals surface area contributed by atoms with Crippen LogP contribution in [0.3, 0.4) is 0 Å². The van der Waals surface area contributed by atoms with Crippen LogP contribution in [-0.4, -0.2) is 43.3 Å². The SMILES string of the molecule is Cc1cc(Sc2ncccn2)ccc1NC(=O)C1CSC2(C)CCC(=O)N12. The number of aryl methyl sites for hydroxylation is 1. The molecule has 1 aromatic carbocycles. The van der Waals surface area contributed by atoms with Crippen LogP contribution >= 0.6 is 23.5 Å². The third-order valence-corrected chi connectivity index (χ3v) is 7.34. The summed E-state index contributed by atoms with van der Waals surface area (Å²) in [5.74, 6) is 0.609. The molecule has 2 amide bonds. The lowest BCUT2D eigenvalue weighted by atomic mass is 10.1. The lowest BCUT2D eigenvalue weighted by Crippen LogP contribution is -2.48. The summed E-state index contributed by atoms with van der Waals surface area (Å²) in [5, 5.41) is 3.69. The van der Waals surface area contributed by atoms with Crippen molar-refractivity contribution in [1.29, 1.82) is 0 Å². The topological polar surface area (TPSA) is 75.2 Å². The van der Waals surface area contributed by atoms with Gasteiger partial charge in [-0.1, -0.05) is 0 Å². The van der Waals surface area contributed by atoms with Crippen molar-refractivity contribution in [2.24, 2.45) is 0 Å². The highest BCUT2D eigenvalue weighted by Gasteiger charge is 2.52. The molecule has 6 nitrogen and oxygen atoms in total. The fourth-order valence-corrected chi connectivity index (χ4v) is 5.76. The van der Waals surface area contributed by atoms with Gasteiger partial charge in [0.05, 0.1) is 4.87 Å². The summed E-state index contributed by atoms with van der Waals surface area (Å²) in [6.07, 6.45) is 4.76. The number of hydrogen-bond donors (Lipinski definition) is 1. The number of fused-ring (bicyclic) bond motifs is 1. The van der Waals surface area contributed by atoms with Crippen molar-refractivity contribution < 1.29 is 9.59 Å². The van der Waals surface area contributed by atoms with Crippen LogP contribution in [0.5, 0.6) is 0 Å². The van der Waals surface area contributed by atoms with Crippen LogP contribution < -0.4 is 5.32 Å². The lowest BCUT2D eigenvalue weighted by molar-refractivity contribution is -0.135. The number of amides is 2. The molecule has 2 saturated heterocycles. The molecule has 2 aromatic rings. The first kappa shape index (κ1) is 18.3. The van der Waals surface area contributed by atoms with Gasteiger partial charge >= 0.3 is 0 Å². The number of rotatable bonds is 4. The summed E-state index contributed by atoms with van der Waals surface area (Å²) < 4.78 is 0. The van der Waals surface area contributed by atoms with Crippen molar-refractivity contribution >= 4 is 41.0 Å². The highest BCUT2D eigenvalue weighted by atomic mass is 32.2. The standard InChI is InChI=1S/C19H20N4O2S2/c1-12-10-13(27-18-20-8-3-9-21-18)4-5-14(12)22-17(25)15-11-26-19(2)7-6-16(24)23(15)19/h3-5,8-10,15H,6-7,11H2,1-2H3,(H,22,25). The molecule has 27 heavy (non-hydrogen) atoms. The summed E-state index contributed by atoms with van der Waals surface area (Å²) in [7, 11) is 0. The van der Waals surface area contributed by atoms with Crippen molar-refractivity contribution in [2.45, 2.75) is 47.7 Å². The van der Waals surface area contributed by atoms with Crippen LogP contribution in [0.25, 0.3) is 0 Å². The van der Waals surface area contributed by atoms with E-state index in [1.165, 1.54) is 11.8 Å². The molecule has 2 unspecified atom stereocenters. The molecule has 140 valence electrons. The molecule has 3 heterocycles. The summed E-state index contributed by atoms with van der Waals surface area (Å²) in [6.45, 7) is 4.01. The van der Waals surface area contributed by atoms with Crippen molar-refractivity contribution in [3.05, 3.63) is 42.2 Å². The van der Waals surface area contributed by atoms with E-state index in [4.69, 9.17) is 0 Å². The van der Waals surface area contributed by atoms with Crippen molar-refractivity contribution in [1.82, 2.24) is 14.9 Å². The number of aromatic nitrogens is 2. The van der Waals surface area contributed by atoms with E-state index in [0.29, 0.717) is 17.3 Å². The average Bonchev–Trinajstić information content (AvgIpc) is 3.14.